The smallest absolute Gasteiger partial charge is 0.227 e. The first-order valence-electron chi connectivity index (χ1n) is 5.91. The van der Waals surface area contributed by atoms with Gasteiger partial charge >= 0.3 is 0 Å². The standard InChI is InChI=1S/C11H20N2O2/c12-10-4-2-1-3-9(10)11(14)13-5-7-15-8-6-13/h9-10H,1-8,12H2. The Hall–Kier alpha value is -0.610. The first kappa shape index (κ1) is 10.9. The van der Waals surface area contributed by atoms with Crippen LogP contribution in [0.4, 0.5) is 0 Å². The van der Waals surface area contributed by atoms with Crippen molar-refractivity contribution in [2.24, 2.45) is 11.7 Å². The molecule has 0 bridgehead atoms. The predicted octanol–water partition coefficient (Wildman–Crippen LogP) is 0.363. The maximum absolute atomic E-state index is 12.2. The highest BCUT2D eigenvalue weighted by atomic mass is 16.5. The van der Waals surface area contributed by atoms with Gasteiger partial charge in [-0.25, -0.2) is 0 Å². The van der Waals surface area contributed by atoms with Crippen molar-refractivity contribution in [2.75, 3.05) is 26.3 Å². The van der Waals surface area contributed by atoms with Gasteiger partial charge in [-0.3, -0.25) is 4.79 Å². The number of nitrogens with zero attached hydrogens (tertiary/aromatic N) is 1. The molecule has 2 N–H and O–H groups in total. The molecule has 15 heavy (non-hydrogen) atoms. The Labute approximate surface area is 90.8 Å². The van der Waals surface area contributed by atoms with E-state index < -0.39 is 0 Å². The van der Waals surface area contributed by atoms with Crippen molar-refractivity contribution >= 4 is 5.91 Å². The third kappa shape index (κ3) is 2.49. The molecule has 0 aromatic heterocycles. The molecular weight excluding hydrogens is 192 g/mol. The van der Waals surface area contributed by atoms with Crippen molar-refractivity contribution < 1.29 is 9.53 Å². The molecule has 4 heteroatoms. The molecule has 0 radical (unpaired) electrons. The second kappa shape index (κ2) is 4.94. The lowest BCUT2D eigenvalue weighted by Gasteiger charge is -2.34. The van der Waals surface area contributed by atoms with Crippen LogP contribution in [0.15, 0.2) is 0 Å². The molecule has 1 amide bonds. The third-order valence-electron chi connectivity index (χ3n) is 3.46. The van der Waals surface area contributed by atoms with Crippen molar-refractivity contribution in [3.05, 3.63) is 0 Å². The van der Waals surface area contributed by atoms with E-state index >= 15 is 0 Å². The summed E-state index contributed by atoms with van der Waals surface area (Å²) < 4.78 is 5.24. The molecular formula is C11H20N2O2. The zero-order chi connectivity index (χ0) is 10.7. The summed E-state index contributed by atoms with van der Waals surface area (Å²) in [5.74, 6) is 0.322. The minimum atomic E-state index is 0.0665. The van der Waals surface area contributed by atoms with Crippen LogP contribution < -0.4 is 5.73 Å². The number of rotatable bonds is 1. The van der Waals surface area contributed by atoms with Crippen LogP contribution >= 0.6 is 0 Å². The van der Waals surface area contributed by atoms with E-state index in [0.717, 1.165) is 32.4 Å². The summed E-state index contributed by atoms with van der Waals surface area (Å²) in [5, 5.41) is 0. The average molecular weight is 212 g/mol. The van der Waals surface area contributed by atoms with Gasteiger partial charge in [0.15, 0.2) is 0 Å². The zero-order valence-electron chi connectivity index (χ0n) is 9.15. The van der Waals surface area contributed by atoms with E-state index in [4.69, 9.17) is 10.5 Å². The summed E-state index contributed by atoms with van der Waals surface area (Å²) in [6.45, 7) is 2.82. The normalized spacial score (nSPS) is 32.7. The fourth-order valence-corrected chi connectivity index (χ4v) is 2.48. The summed E-state index contributed by atoms with van der Waals surface area (Å²) >= 11 is 0. The van der Waals surface area contributed by atoms with Crippen molar-refractivity contribution in [2.45, 2.75) is 31.7 Å². The monoisotopic (exact) mass is 212 g/mol. The van der Waals surface area contributed by atoms with Crippen molar-refractivity contribution in [3.63, 3.8) is 0 Å². The molecule has 2 aliphatic rings. The van der Waals surface area contributed by atoms with Gasteiger partial charge in [0.1, 0.15) is 0 Å². The van der Waals surface area contributed by atoms with Crippen LogP contribution in [-0.4, -0.2) is 43.2 Å². The molecule has 0 aromatic rings. The molecule has 1 saturated carbocycles. The van der Waals surface area contributed by atoms with Crippen molar-refractivity contribution in [1.29, 1.82) is 0 Å². The molecule has 0 aromatic carbocycles. The topological polar surface area (TPSA) is 55.6 Å². The second-order valence-electron chi connectivity index (χ2n) is 4.49. The molecule has 1 saturated heterocycles. The molecule has 2 fully saturated rings. The lowest BCUT2D eigenvalue weighted by molar-refractivity contribution is -0.141. The lowest BCUT2D eigenvalue weighted by atomic mass is 9.84. The molecule has 86 valence electrons. The fraction of sp³-hybridized carbons (Fsp3) is 0.909. The Bertz CT molecular complexity index is 227. The van der Waals surface area contributed by atoms with E-state index in [9.17, 15) is 4.79 Å². The van der Waals surface area contributed by atoms with Gasteiger partial charge in [-0.1, -0.05) is 12.8 Å². The second-order valence-corrected chi connectivity index (χ2v) is 4.49. The average Bonchev–Trinajstić information content (AvgIpc) is 2.30. The highest BCUT2D eigenvalue weighted by molar-refractivity contribution is 5.79. The van der Waals surface area contributed by atoms with Crippen LogP contribution in [0, 0.1) is 5.92 Å². The molecule has 2 atom stereocenters. The van der Waals surface area contributed by atoms with Crippen LogP contribution in [0.1, 0.15) is 25.7 Å². The summed E-state index contributed by atoms with van der Waals surface area (Å²) in [6.07, 6.45) is 4.29. The van der Waals surface area contributed by atoms with Crippen LogP contribution in [0.25, 0.3) is 0 Å². The number of carbonyl (C=O) groups excluding carboxylic acids is 1. The summed E-state index contributed by atoms with van der Waals surface area (Å²) in [4.78, 5) is 14.1. The van der Waals surface area contributed by atoms with Crippen LogP contribution in [0.3, 0.4) is 0 Å². The first-order valence-corrected chi connectivity index (χ1v) is 5.91. The van der Waals surface area contributed by atoms with Crippen molar-refractivity contribution in [1.82, 2.24) is 4.90 Å². The summed E-state index contributed by atoms with van der Waals surface area (Å²) in [6, 6.07) is 0.0779. The van der Waals surface area contributed by atoms with Crippen LogP contribution in [0.2, 0.25) is 0 Å². The first-order chi connectivity index (χ1) is 7.29. The zero-order valence-corrected chi connectivity index (χ0v) is 9.15. The minimum absolute atomic E-state index is 0.0665. The largest absolute Gasteiger partial charge is 0.378 e. The molecule has 0 spiro atoms. The van der Waals surface area contributed by atoms with Gasteiger partial charge in [-0.05, 0) is 12.8 Å². The van der Waals surface area contributed by atoms with Crippen molar-refractivity contribution in [3.8, 4) is 0 Å². The van der Waals surface area contributed by atoms with Crippen LogP contribution in [0.5, 0.6) is 0 Å². The number of ether oxygens (including phenoxy) is 1. The van der Waals surface area contributed by atoms with Gasteiger partial charge in [0.25, 0.3) is 0 Å². The minimum Gasteiger partial charge on any atom is -0.378 e. The molecule has 1 aliphatic carbocycles. The summed E-state index contributed by atoms with van der Waals surface area (Å²) in [7, 11) is 0. The van der Waals surface area contributed by atoms with E-state index in [2.05, 4.69) is 0 Å². The van der Waals surface area contributed by atoms with Gasteiger partial charge in [-0.15, -0.1) is 0 Å². The van der Waals surface area contributed by atoms with Gasteiger partial charge in [-0.2, -0.15) is 0 Å². The number of hydrogen-bond donors (Lipinski definition) is 1. The summed E-state index contributed by atoms with van der Waals surface area (Å²) in [5.41, 5.74) is 6.01. The number of amides is 1. The Morgan fingerprint density at radius 3 is 2.53 bits per heavy atom. The number of morpholine rings is 1. The van der Waals surface area contributed by atoms with Gasteiger partial charge in [0, 0.05) is 19.1 Å². The molecule has 2 rings (SSSR count). The fourth-order valence-electron chi connectivity index (χ4n) is 2.48. The maximum Gasteiger partial charge on any atom is 0.227 e. The maximum atomic E-state index is 12.2. The van der Waals surface area contributed by atoms with Crippen LogP contribution in [-0.2, 0) is 9.53 Å². The molecule has 4 nitrogen and oxygen atoms in total. The third-order valence-corrected chi connectivity index (χ3v) is 3.46. The Kier molecular flexibility index (Phi) is 3.59. The number of nitrogens with two attached hydrogens (primary N) is 1. The SMILES string of the molecule is NC1CCCCC1C(=O)N1CCOCC1. The Balaban J connectivity index is 1.92. The Morgan fingerprint density at radius 1 is 1.20 bits per heavy atom. The number of hydrogen-bond acceptors (Lipinski definition) is 3. The van der Waals surface area contributed by atoms with E-state index in [1.165, 1.54) is 6.42 Å². The van der Waals surface area contributed by atoms with E-state index in [0.29, 0.717) is 13.2 Å². The molecule has 1 heterocycles. The van der Waals surface area contributed by atoms with Gasteiger partial charge in [0.2, 0.25) is 5.91 Å². The quantitative estimate of drug-likeness (QED) is 0.683. The highest BCUT2D eigenvalue weighted by Gasteiger charge is 2.31. The Morgan fingerprint density at radius 2 is 1.87 bits per heavy atom. The number of carbonyl (C=O) groups is 1. The van der Waals surface area contributed by atoms with E-state index in [1.54, 1.807) is 0 Å². The van der Waals surface area contributed by atoms with Gasteiger partial charge < -0.3 is 15.4 Å². The van der Waals surface area contributed by atoms with E-state index in [1.807, 2.05) is 4.90 Å². The van der Waals surface area contributed by atoms with Gasteiger partial charge in [0.05, 0.1) is 19.1 Å². The molecule has 1 aliphatic heterocycles. The predicted molar refractivity (Wildman–Crippen MR) is 57.3 cm³/mol. The van der Waals surface area contributed by atoms with E-state index in [-0.39, 0.29) is 17.9 Å². The highest BCUT2D eigenvalue weighted by Crippen LogP contribution is 2.25. The molecule has 2 unspecified atom stereocenters. The lowest BCUT2D eigenvalue weighted by Crippen LogP contribution is -2.49.